The molecular formula is C33H20Br2F3N3O2. The number of aromatic nitrogens is 2. The maximum absolute atomic E-state index is 13.7. The van der Waals surface area contributed by atoms with Crippen LogP contribution in [0.4, 0.5) is 13.2 Å². The second-order valence-electron chi connectivity index (χ2n) is 9.62. The van der Waals surface area contributed by atoms with Crippen molar-refractivity contribution in [3.63, 3.8) is 0 Å². The quantitative estimate of drug-likeness (QED) is 0.162. The van der Waals surface area contributed by atoms with E-state index in [2.05, 4.69) is 41.9 Å². The zero-order valence-electron chi connectivity index (χ0n) is 22.1. The summed E-state index contributed by atoms with van der Waals surface area (Å²) in [7, 11) is 0. The van der Waals surface area contributed by atoms with Gasteiger partial charge in [-0.1, -0.05) is 92.5 Å². The fourth-order valence-electron chi connectivity index (χ4n) is 4.70. The number of fused-ring (bicyclic) bond motifs is 2. The molecule has 0 bridgehead atoms. The molecule has 5 nitrogen and oxygen atoms in total. The van der Waals surface area contributed by atoms with Gasteiger partial charge in [0.25, 0.3) is 5.56 Å². The fraction of sp³-hybridized carbons (Fsp3) is 0.0606. The van der Waals surface area contributed by atoms with Crippen LogP contribution in [0, 0.1) is 0 Å². The Hall–Kier alpha value is -4.28. The second-order valence-corrected chi connectivity index (χ2v) is 11.4. The van der Waals surface area contributed by atoms with E-state index in [1.54, 1.807) is 24.3 Å². The molecule has 1 aromatic heterocycles. The van der Waals surface area contributed by atoms with Crippen LogP contribution >= 0.6 is 31.9 Å². The third kappa shape index (κ3) is 5.98. The Morgan fingerprint density at radius 1 is 0.860 bits per heavy atom. The van der Waals surface area contributed by atoms with Gasteiger partial charge in [0.05, 0.1) is 22.7 Å². The molecule has 6 aromatic rings. The van der Waals surface area contributed by atoms with Gasteiger partial charge in [-0.3, -0.25) is 4.79 Å². The minimum atomic E-state index is -4.57. The van der Waals surface area contributed by atoms with E-state index in [0.717, 1.165) is 42.1 Å². The summed E-state index contributed by atoms with van der Waals surface area (Å²) in [6.07, 6.45) is -3.08. The first-order valence-corrected chi connectivity index (χ1v) is 14.6. The van der Waals surface area contributed by atoms with Gasteiger partial charge in [-0.05, 0) is 53.2 Å². The van der Waals surface area contributed by atoms with Crippen molar-refractivity contribution in [3.8, 4) is 17.1 Å². The second kappa shape index (κ2) is 11.8. The molecule has 0 unspecified atom stereocenters. The molecule has 0 amide bonds. The zero-order valence-corrected chi connectivity index (χ0v) is 25.3. The molecule has 5 aromatic carbocycles. The van der Waals surface area contributed by atoms with Gasteiger partial charge in [-0.15, -0.1) is 0 Å². The minimum Gasteiger partial charge on any atom is -0.488 e. The van der Waals surface area contributed by atoms with E-state index in [4.69, 9.17) is 4.74 Å². The Bertz CT molecular complexity index is 2090. The van der Waals surface area contributed by atoms with Crippen LogP contribution in [0.1, 0.15) is 16.7 Å². The van der Waals surface area contributed by atoms with Crippen LogP contribution in [0.15, 0.2) is 122 Å². The number of hydrogen-bond acceptors (Lipinski definition) is 4. The summed E-state index contributed by atoms with van der Waals surface area (Å²) in [5.74, 6) is 0.493. The Labute approximate surface area is 260 Å². The van der Waals surface area contributed by atoms with Crippen molar-refractivity contribution in [2.24, 2.45) is 5.10 Å². The van der Waals surface area contributed by atoms with Crippen molar-refractivity contribution in [1.82, 2.24) is 9.66 Å². The molecule has 43 heavy (non-hydrogen) atoms. The maximum Gasteiger partial charge on any atom is 0.416 e. The van der Waals surface area contributed by atoms with E-state index in [1.807, 2.05) is 54.6 Å². The summed E-state index contributed by atoms with van der Waals surface area (Å²) in [5, 5.41) is 6.55. The molecule has 0 saturated carbocycles. The molecule has 0 radical (unpaired) electrons. The van der Waals surface area contributed by atoms with E-state index in [0.29, 0.717) is 16.8 Å². The van der Waals surface area contributed by atoms with Crippen molar-refractivity contribution in [2.45, 2.75) is 12.8 Å². The Morgan fingerprint density at radius 3 is 2.42 bits per heavy atom. The van der Waals surface area contributed by atoms with E-state index < -0.39 is 17.3 Å². The van der Waals surface area contributed by atoms with E-state index in [9.17, 15) is 18.0 Å². The van der Waals surface area contributed by atoms with Crippen LogP contribution < -0.4 is 10.3 Å². The van der Waals surface area contributed by atoms with Crippen molar-refractivity contribution in [1.29, 1.82) is 0 Å². The molecule has 0 aliphatic carbocycles. The van der Waals surface area contributed by atoms with E-state index in [1.165, 1.54) is 18.3 Å². The van der Waals surface area contributed by atoms with Crippen molar-refractivity contribution in [3.05, 3.63) is 139 Å². The van der Waals surface area contributed by atoms with Crippen molar-refractivity contribution < 1.29 is 17.9 Å². The predicted molar refractivity (Wildman–Crippen MR) is 170 cm³/mol. The summed E-state index contributed by atoms with van der Waals surface area (Å²) in [6.45, 7) is 0.250. The number of nitrogens with zero attached hydrogens (tertiary/aromatic N) is 3. The summed E-state index contributed by atoms with van der Waals surface area (Å²) in [4.78, 5) is 18.3. The minimum absolute atomic E-state index is 0.0208. The molecule has 0 aliphatic rings. The molecule has 10 heteroatoms. The van der Waals surface area contributed by atoms with E-state index >= 15 is 0 Å². The average molecular weight is 707 g/mol. The SMILES string of the molecule is O=c1c2ccccc2nc(-c2cccc(C(F)(F)F)c2)n1N=Cc1c(OCc2ccc(Br)cc2Br)ccc2ccccc12. The molecule has 0 aliphatic heterocycles. The number of para-hydroxylation sites is 1. The maximum atomic E-state index is 13.7. The van der Waals surface area contributed by atoms with Crippen LogP contribution in [0.5, 0.6) is 5.75 Å². The highest BCUT2D eigenvalue weighted by atomic mass is 79.9. The summed E-state index contributed by atoms with van der Waals surface area (Å²) in [5.41, 5.74) is 0.592. The van der Waals surface area contributed by atoms with Crippen LogP contribution in [0.3, 0.4) is 0 Å². The number of ether oxygens (including phenoxy) is 1. The molecular weight excluding hydrogens is 687 g/mol. The van der Waals surface area contributed by atoms with Crippen LogP contribution in [0.25, 0.3) is 33.1 Å². The summed E-state index contributed by atoms with van der Waals surface area (Å²) >= 11 is 7.02. The zero-order chi connectivity index (χ0) is 30.1. The third-order valence-electron chi connectivity index (χ3n) is 6.83. The third-order valence-corrected chi connectivity index (χ3v) is 8.06. The van der Waals surface area contributed by atoms with Crippen LogP contribution in [-0.2, 0) is 12.8 Å². The van der Waals surface area contributed by atoms with Gasteiger partial charge in [-0.25, -0.2) is 4.98 Å². The van der Waals surface area contributed by atoms with Gasteiger partial charge >= 0.3 is 6.18 Å². The number of alkyl halides is 3. The Kier molecular flexibility index (Phi) is 7.89. The predicted octanol–water partition coefficient (Wildman–Crippen LogP) is 9.22. The lowest BCUT2D eigenvalue weighted by atomic mass is 10.0. The normalized spacial score (nSPS) is 11.9. The molecule has 0 saturated heterocycles. The lowest BCUT2D eigenvalue weighted by Gasteiger charge is -2.14. The standard InChI is InChI=1S/C33H20Br2F3N3O2/c34-24-14-12-22(28(35)17-24)19-43-30-15-13-20-6-1-2-9-25(20)27(30)18-39-41-31(21-7-5-8-23(16-21)33(36,37)38)40-29-11-4-3-10-26(29)32(41)42/h1-18H,19H2. The molecule has 0 fully saturated rings. The van der Waals surface area contributed by atoms with E-state index in [-0.39, 0.29) is 23.4 Å². The highest BCUT2D eigenvalue weighted by molar-refractivity contribution is 9.11. The van der Waals surface area contributed by atoms with Crippen molar-refractivity contribution in [2.75, 3.05) is 0 Å². The first-order valence-electron chi connectivity index (χ1n) is 13.0. The fourth-order valence-corrected chi connectivity index (χ4v) is 5.86. The number of rotatable bonds is 6. The summed E-state index contributed by atoms with van der Waals surface area (Å²) < 4.78 is 49.8. The number of hydrogen-bond donors (Lipinski definition) is 0. The smallest absolute Gasteiger partial charge is 0.416 e. The molecule has 0 atom stereocenters. The molecule has 6 rings (SSSR count). The monoisotopic (exact) mass is 705 g/mol. The van der Waals surface area contributed by atoms with Gasteiger partial charge in [0.1, 0.15) is 12.4 Å². The van der Waals surface area contributed by atoms with Crippen LogP contribution in [-0.4, -0.2) is 15.9 Å². The largest absolute Gasteiger partial charge is 0.488 e. The first-order chi connectivity index (χ1) is 20.7. The highest BCUT2D eigenvalue weighted by Gasteiger charge is 2.31. The topological polar surface area (TPSA) is 56.5 Å². The lowest BCUT2D eigenvalue weighted by molar-refractivity contribution is -0.137. The lowest BCUT2D eigenvalue weighted by Crippen LogP contribution is -2.20. The Morgan fingerprint density at radius 2 is 1.63 bits per heavy atom. The van der Waals surface area contributed by atoms with Gasteiger partial charge < -0.3 is 4.74 Å². The van der Waals surface area contributed by atoms with Gasteiger partial charge in [0.15, 0.2) is 5.82 Å². The molecule has 0 spiro atoms. The van der Waals surface area contributed by atoms with Gasteiger partial charge in [-0.2, -0.15) is 22.9 Å². The summed E-state index contributed by atoms with van der Waals surface area (Å²) in [6, 6.07) is 28.5. The molecule has 0 N–H and O–H groups in total. The molecule has 1 heterocycles. The van der Waals surface area contributed by atoms with Gasteiger partial charge in [0.2, 0.25) is 0 Å². The molecule has 214 valence electrons. The Balaban J connectivity index is 1.50. The van der Waals surface area contributed by atoms with Crippen LogP contribution in [0.2, 0.25) is 0 Å². The van der Waals surface area contributed by atoms with Gasteiger partial charge in [0, 0.05) is 25.6 Å². The highest BCUT2D eigenvalue weighted by Crippen LogP contribution is 2.33. The average Bonchev–Trinajstić information content (AvgIpc) is 3.00. The van der Waals surface area contributed by atoms with Crippen molar-refractivity contribution >= 4 is 59.7 Å². The first kappa shape index (κ1) is 28.8. The number of benzene rings is 5. The number of halogens is 5.